The minimum absolute atomic E-state index is 0.0722. The summed E-state index contributed by atoms with van der Waals surface area (Å²) < 4.78 is 13.0. The standard InChI is InChI=1S/C20H21BrN2O3S/c1-3-13-9-10-15(14(21)12-13)26-11-5-8-18(24)22-20-23-19-16(25-2)6-4-7-17(19)27-20/h4,6-7,9-10,12H,3,5,8,11H2,1-2H3,(H,22,23,24). The van der Waals surface area contributed by atoms with Crippen molar-refractivity contribution in [2.24, 2.45) is 0 Å². The van der Waals surface area contributed by atoms with Crippen LogP contribution in [0.3, 0.4) is 0 Å². The zero-order chi connectivity index (χ0) is 19.2. The van der Waals surface area contributed by atoms with E-state index >= 15 is 0 Å². The molecule has 2 aromatic carbocycles. The Morgan fingerprint density at radius 3 is 2.85 bits per heavy atom. The lowest BCUT2D eigenvalue weighted by molar-refractivity contribution is -0.116. The lowest BCUT2D eigenvalue weighted by Gasteiger charge is -2.09. The number of hydrogen-bond acceptors (Lipinski definition) is 5. The summed E-state index contributed by atoms with van der Waals surface area (Å²) in [5.74, 6) is 1.43. The minimum atomic E-state index is -0.0722. The lowest BCUT2D eigenvalue weighted by atomic mass is 10.2. The number of nitrogens with zero attached hydrogens (tertiary/aromatic N) is 1. The van der Waals surface area contributed by atoms with Crippen LogP contribution in [0.25, 0.3) is 10.2 Å². The quantitative estimate of drug-likeness (QED) is 0.466. The highest BCUT2D eigenvalue weighted by atomic mass is 79.9. The zero-order valence-corrected chi connectivity index (χ0v) is 17.7. The van der Waals surface area contributed by atoms with E-state index in [2.05, 4.69) is 39.2 Å². The smallest absolute Gasteiger partial charge is 0.226 e. The van der Waals surface area contributed by atoms with Crippen molar-refractivity contribution in [2.45, 2.75) is 26.2 Å². The van der Waals surface area contributed by atoms with Crippen LogP contribution in [0, 0.1) is 0 Å². The van der Waals surface area contributed by atoms with Crippen LogP contribution >= 0.6 is 27.3 Å². The van der Waals surface area contributed by atoms with Gasteiger partial charge in [0.15, 0.2) is 5.13 Å². The average molecular weight is 449 g/mol. The number of fused-ring (bicyclic) bond motifs is 1. The van der Waals surface area contributed by atoms with E-state index in [1.165, 1.54) is 16.9 Å². The molecule has 0 fully saturated rings. The lowest BCUT2D eigenvalue weighted by Crippen LogP contribution is -2.12. The molecule has 3 aromatic rings. The molecule has 0 saturated heterocycles. The zero-order valence-electron chi connectivity index (χ0n) is 15.3. The normalized spacial score (nSPS) is 10.8. The highest BCUT2D eigenvalue weighted by Crippen LogP contribution is 2.32. The molecule has 1 aromatic heterocycles. The van der Waals surface area contributed by atoms with Crippen molar-refractivity contribution < 1.29 is 14.3 Å². The Hall–Kier alpha value is -2.12. The Morgan fingerprint density at radius 2 is 2.11 bits per heavy atom. The number of amides is 1. The molecular formula is C20H21BrN2O3S. The summed E-state index contributed by atoms with van der Waals surface area (Å²) in [5.41, 5.74) is 2.02. The maximum Gasteiger partial charge on any atom is 0.226 e. The van der Waals surface area contributed by atoms with Gasteiger partial charge in [-0.25, -0.2) is 4.98 Å². The molecule has 0 bridgehead atoms. The fraction of sp³-hybridized carbons (Fsp3) is 0.300. The van der Waals surface area contributed by atoms with E-state index in [1.807, 2.05) is 30.3 Å². The van der Waals surface area contributed by atoms with Crippen LogP contribution in [0.1, 0.15) is 25.3 Å². The van der Waals surface area contributed by atoms with Crippen LogP contribution in [0.4, 0.5) is 5.13 Å². The number of para-hydroxylation sites is 1. The van der Waals surface area contributed by atoms with Gasteiger partial charge in [0.1, 0.15) is 17.0 Å². The van der Waals surface area contributed by atoms with Gasteiger partial charge in [-0.05, 0) is 58.6 Å². The molecule has 1 amide bonds. The summed E-state index contributed by atoms with van der Waals surface area (Å²) in [6.45, 7) is 2.59. The van der Waals surface area contributed by atoms with E-state index in [0.717, 1.165) is 26.9 Å². The SMILES string of the molecule is CCc1ccc(OCCCC(=O)Nc2nc3c(OC)cccc3s2)c(Br)c1. The van der Waals surface area contributed by atoms with E-state index < -0.39 is 0 Å². The monoisotopic (exact) mass is 448 g/mol. The van der Waals surface area contributed by atoms with Crippen molar-refractivity contribution in [3.05, 3.63) is 46.4 Å². The number of carbonyl (C=O) groups is 1. The number of rotatable bonds is 8. The first-order valence-electron chi connectivity index (χ1n) is 8.75. The van der Waals surface area contributed by atoms with Gasteiger partial charge in [0.2, 0.25) is 5.91 Å². The molecule has 0 aliphatic carbocycles. The predicted octanol–water partition coefficient (Wildman–Crippen LogP) is 5.43. The number of hydrogen-bond donors (Lipinski definition) is 1. The molecule has 0 spiro atoms. The van der Waals surface area contributed by atoms with Gasteiger partial charge in [-0.15, -0.1) is 0 Å². The number of aryl methyl sites for hydroxylation is 1. The van der Waals surface area contributed by atoms with Crippen molar-refractivity contribution >= 4 is 48.5 Å². The van der Waals surface area contributed by atoms with E-state index in [9.17, 15) is 4.79 Å². The van der Waals surface area contributed by atoms with Crippen molar-refractivity contribution in [1.82, 2.24) is 4.98 Å². The summed E-state index contributed by atoms with van der Waals surface area (Å²) >= 11 is 4.96. The molecule has 0 aliphatic heterocycles. The van der Waals surface area contributed by atoms with Gasteiger partial charge in [-0.1, -0.05) is 30.4 Å². The van der Waals surface area contributed by atoms with Crippen molar-refractivity contribution in [3.8, 4) is 11.5 Å². The Labute approximate surface area is 170 Å². The largest absolute Gasteiger partial charge is 0.494 e. The molecule has 0 radical (unpaired) electrons. The van der Waals surface area contributed by atoms with Gasteiger partial charge in [-0.2, -0.15) is 0 Å². The molecule has 5 nitrogen and oxygen atoms in total. The molecule has 0 unspecified atom stereocenters. The minimum Gasteiger partial charge on any atom is -0.494 e. The number of methoxy groups -OCH3 is 1. The molecule has 3 rings (SSSR count). The second-order valence-corrected chi connectivity index (χ2v) is 7.83. The molecule has 27 heavy (non-hydrogen) atoms. The number of carbonyl (C=O) groups excluding carboxylic acids is 1. The maximum absolute atomic E-state index is 12.2. The number of nitrogens with one attached hydrogen (secondary N) is 1. The van der Waals surface area contributed by atoms with Gasteiger partial charge < -0.3 is 14.8 Å². The molecule has 1 N–H and O–H groups in total. The number of ether oxygens (including phenoxy) is 2. The maximum atomic E-state index is 12.2. The second kappa shape index (κ2) is 9.19. The Balaban J connectivity index is 1.49. The summed E-state index contributed by atoms with van der Waals surface area (Å²) in [5, 5.41) is 3.44. The highest BCUT2D eigenvalue weighted by molar-refractivity contribution is 9.10. The number of aromatic nitrogens is 1. The van der Waals surface area contributed by atoms with Crippen LogP contribution in [-0.4, -0.2) is 24.6 Å². The summed E-state index contributed by atoms with van der Waals surface area (Å²) in [6.07, 6.45) is 1.98. The molecule has 142 valence electrons. The third kappa shape index (κ3) is 4.99. The highest BCUT2D eigenvalue weighted by Gasteiger charge is 2.11. The van der Waals surface area contributed by atoms with Gasteiger partial charge >= 0.3 is 0 Å². The van der Waals surface area contributed by atoms with Crippen LogP contribution in [-0.2, 0) is 11.2 Å². The third-order valence-electron chi connectivity index (χ3n) is 4.06. The summed E-state index contributed by atoms with van der Waals surface area (Å²) in [7, 11) is 1.61. The third-order valence-corrected chi connectivity index (χ3v) is 5.61. The average Bonchev–Trinajstić information content (AvgIpc) is 3.08. The second-order valence-electron chi connectivity index (χ2n) is 5.94. The number of benzene rings is 2. The van der Waals surface area contributed by atoms with E-state index in [0.29, 0.717) is 30.3 Å². The molecule has 0 atom stereocenters. The van der Waals surface area contributed by atoms with Crippen LogP contribution in [0.15, 0.2) is 40.9 Å². The van der Waals surface area contributed by atoms with Crippen molar-refractivity contribution in [3.63, 3.8) is 0 Å². The first-order chi connectivity index (χ1) is 13.1. The van der Waals surface area contributed by atoms with E-state index in [-0.39, 0.29) is 5.91 Å². The first-order valence-corrected chi connectivity index (χ1v) is 10.4. The molecule has 0 saturated carbocycles. The van der Waals surface area contributed by atoms with Crippen LogP contribution < -0.4 is 14.8 Å². The van der Waals surface area contributed by atoms with Gasteiger partial charge in [-0.3, -0.25) is 4.79 Å². The molecule has 0 aliphatic rings. The predicted molar refractivity (Wildman–Crippen MR) is 113 cm³/mol. The van der Waals surface area contributed by atoms with E-state index in [4.69, 9.17) is 9.47 Å². The topological polar surface area (TPSA) is 60.5 Å². The van der Waals surface area contributed by atoms with Crippen LogP contribution in [0.5, 0.6) is 11.5 Å². The van der Waals surface area contributed by atoms with Gasteiger partial charge in [0.25, 0.3) is 0 Å². The number of halogens is 1. The van der Waals surface area contributed by atoms with E-state index in [1.54, 1.807) is 7.11 Å². The first kappa shape index (κ1) is 19.6. The van der Waals surface area contributed by atoms with Gasteiger partial charge in [0.05, 0.1) is 22.9 Å². The Bertz CT molecular complexity index is 942. The van der Waals surface area contributed by atoms with Crippen molar-refractivity contribution in [2.75, 3.05) is 19.0 Å². The molecular weight excluding hydrogens is 428 g/mol. The Kier molecular flexibility index (Phi) is 6.68. The van der Waals surface area contributed by atoms with Gasteiger partial charge in [0, 0.05) is 6.42 Å². The number of anilines is 1. The van der Waals surface area contributed by atoms with Crippen molar-refractivity contribution in [1.29, 1.82) is 0 Å². The fourth-order valence-corrected chi connectivity index (χ4v) is 4.06. The summed E-state index contributed by atoms with van der Waals surface area (Å²) in [6, 6.07) is 11.8. The Morgan fingerprint density at radius 1 is 1.26 bits per heavy atom. The molecule has 1 heterocycles. The summed E-state index contributed by atoms with van der Waals surface area (Å²) in [4.78, 5) is 16.6. The fourth-order valence-electron chi connectivity index (χ4n) is 2.62. The van der Waals surface area contributed by atoms with Crippen LogP contribution in [0.2, 0.25) is 0 Å². The number of thiazole rings is 1. The molecule has 7 heteroatoms.